The Balaban J connectivity index is 2.31. The van der Waals surface area contributed by atoms with Gasteiger partial charge in [-0.3, -0.25) is 4.68 Å². The molecule has 2 aromatic rings. The molecule has 0 aliphatic rings. The predicted molar refractivity (Wildman–Crippen MR) is 77.5 cm³/mol. The van der Waals surface area contributed by atoms with Crippen molar-refractivity contribution in [3.8, 4) is 5.75 Å². The second kappa shape index (κ2) is 6.37. The Bertz CT molecular complexity index is 605. The van der Waals surface area contributed by atoms with E-state index in [2.05, 4.69) is 18.6 Å². The molecule has 4 heteroatoms. The van der Waals surface area contributed by atoms with Crippen LogP contribution in [0.1, 0.15) is 23.7 Å². The molecule has 0 saturated heterocycles. The van der Waals surface area contributed by atoms with E-state index in [9.17, 15) is 4.39 Å². The van der Waals surface area contributed by atoms with Gasteiger partial charge >= 0.3 is 0 Å². The lowest BCUT2D eigenvalue weighted by Gasteiger charge is -2.10. The van der Waals surface area contributed by atoms with Gasteiger partial charge in [-0.05, 0) is 30.2 Å². The van der Waals surface area contributed by atoms with Crippen molar-refractivity contribution in [3.63, 3.8) is 0 Å². The van der Waals surface area contributed by atoms with Crippen LogP contribution >= 0.6 is 0 Å². The van der Waals surface area contributed by atoms with Crippen LogP contribution in [0.3, 0.4) is 0 Å². The number of nitrogens with zero attached hydrogens (tertiary/aromatic N) is 2. The maximum absolute atomic E-state index is 13.5. The van der Waals surface area contributed by atoms with Crippen LogP contribution in [0.15, 0.2) is 37.1 Å². The lowest BCUT2D eigenvalue weighted by Crippen LogP contribution is -2.00. The molecule has 106 valence electrons. The Morgan fingerprint density at radius 3 is 2.90 bits per heavy atom. The SMILES string of the molecule is C=CCOc1ccc(F)cc1Cc1cn(C)nc1CC. The van der Waals surface area contributed by atoms with Crippen molar-refractivity contribution in [2.75, 3.05) is 6.61 Å². The van der Waals surface area contributed by atoms with Crippen molar-refractivity contribution in [2.24, 2.45) is 7.05 Å². The van der Waals surface area contributed by atoms with E-state index in [1.807, 2.05) is 13.2 Å². The molecule has 1 aromatic heterocycles. The normalized spacial score (nSPS) is 10.6. The minimum atomic E-state index is -0.257. The first kappa shape index (κ1) is 14.3. The van der Waals surface area contributed by atoms with Crippen molar-refractivity contribution in [3.05, 3.63) is 59.7 Å². The number of aromatic nitrogens is 2. The molecule has 0 radical (unpaired) electrons. The van der Waals surface area contributed by atoms with Gasteiger partial charge in [0.2, 0.25) is 0 Å². The molecule has 1 aromatic carbocycles. The van der Waals surface area contributed by atoms with Crippen LogP contribution in [0.4, 0.5) is 4.39 Å². The summed E-state index contributed by atoms with van der Waals surface area (Å²) in [6.45, 7) is 6.10. The Morgan fingerprint density at radius 1 is 1.40 bits per heavy atom. The van der Waals surface area contributed by atoms with E-state index < -0.39 is 0 Å². The summed E-state index contributed by atoms with van der Waals surface area (Å²) < 4.78 is 20.8. The third kappa shape index (κ3) is 3.26. The van der Waals surface area contributed by atoms with Crippen LogP contribution < -0.4 is 4.74 Å². The largest absolute Gasteiger partial charge is 0.489 e. The molecule has 20 heavy (non-hydrogen) atoms. The average Bonchev–Trinajstić information content (AvgIpc) is 2.78. The minimum Gasteiger partial charge on any atom is -0.489 e. The van der Waals surface area contributed by atoms with Gasteiger partial charge in [0.05, 0.1) is 5.69 Å². The van der Waals surface area contributed by atoms with Crippen LogP contribution in [0.5, 0.6) is 5.75 Å². The average molecular weight is 274 g/mol. The lowest BCUT2D eigenvalue weighted by molar-refractivity contribution is 0.359. The summed E-state index contributed by atoms with van der Waals surface area (Å²) in [5.74, 6) is 0.435. The van der Waals surface area contributed by atoms with Crippen LogP contribution in [0.25, 0.3) is 0 Å². The topological polar surface area (TPSA) is 27.1 Å². The van der Waals surface area contributed by atoms with Gasteiger partial charge in [-0.15, -0.1) is 0 Å². The van der Waals surface area contributed by atoms with Crippen molar-refractivity contribution in [1.29, 1.82) is 0 Å². The first-order valence-corrected chi connectivity index (χ1v) is 6.67. The molecule has 1 heterocycles. The summed E-state index contributed by atoms with van der Waals surface area (Å²) in [4.78, 5) is 0. The summed E-state index contributed by atoms with van der Waals surface area (Å²) >= 11 is 0. The Labute approximate surface area is 118 Å². The van der Waals surface area contributed by atoms with Crippen molar-refractivity contribution < 1.29 is 9.13 Å². The van der Waals surface area contributed by atoms with Crippen molar-refractivity contribution >= 4 is 0 Å². The van der Waals surface area contributed by atoms with Crippen LogP contribution in [0, 0.1) is 5.82 Å². The smallest absolute Gasteiger partial charge is 0.123 e. The third-order valence-electron chi connectivity index (χ3n) is 3.09. The van der Waals surface area contributed by atoms with Gasteiger partial charge in [0.25, 0.3) is 0 Å². The molecule has 0 spiro atoms. The summed E-state index contributed by atoms with van der Waals surface area (Å²) in [6.07, 6.45) is 5.12. The van der Waals surface area contributed by atoms with Gasteiger partial charge in [0.1, 0.15) is 18.2 Å². The number of hydrogen-bond donors (Lipinski definition) is 0. The fourth-order valence-electron chi connectivity index (χ4n) is 2.21. The van der Waals surface area contributed by atoms with Crippen LogP contribution in [-0.4, -0.2) is 16.4 Å². The summed E-state index contributed by atoms with van der Waals surface area (Å²) in [5.41, 5.74) is 2.96. The van der Waals surface area contributed by atoms with E-state index in [-0.39, 0.29) is 5.82 Å². The lowest BCUT2D eigenvalue weighted by atomic mass is 10.0. The summed E-state index contributed by atoms with van der Waals surface area (Å²) in [7, 11) is 1.89. The maximum Gasteiger partial charge on any atom is 0.123 e. The Hall–Kier alpha value is -2.10. The number of hydrogen-bond acceptors (Lipinski definition) is 2. The first-order valence-electron chi connectivity index (χ1n) is 6.67. The summed E-state index contributed by atoms with van der Waals surface area (Å²) in [5, 5.41) is 4.41. The molecule has 0 atom stereocenters. The number of rotatable bonds is 6. The van der Waals surface area contributed by atoms with E-state index >= 15 is 0 Å². The van der Waals surface area contributed by atoms with E-state index in [0.717, 1.165) is 23.2 Å². The molecule has 0 aliphatic carbocycles. The van der Waals surface area contributed by atoms with Gasteiger partial charge in [-0.25, -0.2) is 4.39 Å². The highest BCUT2D eigenvalue weighted by atomic mass is 19.1. The quantitative estimate of drug-likeness (QED) is 0.756. The highest BCUT2D eigenvalue weighted by Crippen LogP contribution is 2.24. The zero-order valence-corrected chi connectivity index (χ0v) is 11.9. The van der Waals surface area contributed by atoms with E-state index in [0.29, 0.717) is 18.8 Å². The second-order valence-corrected chi connectivity index (χ2v) is 4.66. The van der Waals surface area contributed by atoms with E-state index in [4.69, 9.17) is 4.74 Å². The fraction of sp³-hybridized carbons (Fsp3) is 0.312. The molecular weight excluding hydrogens is 255 g/mol. The molecular formula is C16H19FN2O. The van der Waals surface area contributed by atoms with Gasteiger partial charge < -0.3 is 4.74 Å². The number of benzene rings is 1. The third-order valence-corrected chi connectivity index (χ3v) is 3.09. The van der Waals surface area contributed by atoms with Gasteiger partial charge in [-0.1, -0.05) is 19.6 Å². The van der Waals surface area contributed by atoms with E-state index in [1.54, 1.807) is 16.8 Å². The zero-order valence-electron chi connectivity index (χ0n) is 11.9. The highest BCUT2D eigenvalue weighted by Gasteiger charge is 2.11. The van der Waals surface area contributed by atoms with Gasteiger partial charge in [-0.2, -0.15) is 5.10 Å². The van der Waals surface area contributed by atoms with Crippen LogP contribution in [-0.2, 0) is 19.9 Å². The predicted octanol–water partition coefficient (Wildman–Crippen LogP) is 3.28. The molecule has 2 rings (SSSR count). The number of halogens is 1. The molecule has 0 N–H and O–H groups in total. The maximum atomic E-state index is 13.5. The summed E-state index contributed by atoms with van der Waals surface area (Å²) in [6, 6.07) is 4.59. The first-order chi connectivity index (χ1) is 9.63. The monoisotopic (exact) mass is 274 g/mol. The van der Waals surface area contributed by atoms with E-state index in [1.165, 1.54) is 12.1 Å². The highest BCUT2D eigenvalue weighted by molar-refractivity contribution is 5.38. The van der Waals surface area contributed by atoms with Crippen LogP contribution in [0.2, 0.25) is 0 Å². The Morgan fingerprint density at radius 2 is 2.20 bits per heavy atom. The second-order valence-electron chi connectivity index (χ2n) is 4.66. The standard InChI is InChI=1S/C16H19FN2O/c1-4-8-20-16-7-6-14(17)10-12(16)9-13-11-19(3)18-15(13)5-2/h4,6-7,10-11H,1,5,8-9H2,2-3H3. The number of aryl methyl sites for hydroxylation is 2. The van der Waals surface area contributed by atoms with Crippen molar-refractivity contribution in [2.45, 2.75) is 19.8 Å². The minimum absolute atomic E-state index is 0.257. The molecule has 0 saturated carbocycles. The van der Waals surface area contributed by atoms with Gasteiger partial charge in [0, 0.05) is 25.2 Å². The molecule has 0 unspecified atom stereocenters. The Kier molecular flexibility index (Phi) is 4.56. The molecule has 0 amide bonds. The number of ether oxygens (including phenoxy) is 1. The molecule has 0 bridgehead atoms. The zero-order chi connectivity index (χ0) is 14.5. The molecule has 3 nitrogen and oxygen atoms in total. The van der Waals surface area contributed by atoms with Crippen molar-refractivity contribution in [1.82, 2.24) is 9.78 Å². The fourth-order valence-corrected chi connectivity index (χ4v) is 2.21. The van der Waals surface area contributed by atoms with Gasteiger partial charge in [0.15, 0.2) is 0 Å². The molecule has 0 aliphatic heterocycles. The molecule has 0 fully saturated rings.